The van der Waals surface area contributed by atoms with Crippen molar-refractivity contribution in [1.29, 1.82) is 0 Å². The van der Waals surface area contributed by atoms with Crippen molar-refractivity contribution in [2.24, 2.45) is 0 Å². The molecular formula is C72H138NO8P. The molecule has 0 bridgehead atoms. The summed E-state index contributed by atoms with van der Waals surface area (Å²) in [6.45, 7) is 4.29. The fourth-order valence-electron chi connectivity index (χ4n) is 10.6. The SMILES string of the molecule is CCCCCCC/C=C\C/C=C\CCCCCCCCCCCCCCCCCCCCCCCCCCCC(=O)OC(COC(=O)CCCCCCCCCCC/C=C\CCCCCCCCCC)COP(=O)([O-])OCC[N+](C)(C)C. The van der Waals surface area contributed by atoms with Crippen molar-refractivity contribution < 1.29 is 42.1 Å². The number of esters is 2. The molecule has 0 radical (unpaired) electrons. The normalized spacial score (nSPS) is 13.3. The minimum atomic E-state index is -4.64. The maximum absolute atomic E-state index is 12.9. The standard InChI is InChI=1S/C72H138NO8P/c1-6-8-10-12-14-16-18-20-22-24-26-28-29-30-31-32-33-34-35-36-37-38-39-40-41-42-43-45-47-49-51-53-55-57-59-61-63-65-72(75)81-70(69-80-82(76,77)79-67-66-73(3,4)5)68-78-71(74)64-62-60-58-56-54-52-50-48-46-44-27-25-23-21-19-17-15-13-11-9-7-2/h18,20,24-27,70H,6-17,19,21-23,28-69H2,1-5H3/b20-18-,26-24-,27-25-. The van der Waals surface area contributed by atoms with Crippen LogP contribution in [0.5, 0.6) is 0 Å². The second-order valence-electron chi connectivity index (χ2n) is 25.6. The second kappa shape index (κ2) is 63.7. The molecule has 0 heterocycles. The van der Waals surface area contributed by atoms with Gasteiger partial charge in [0.15, 0.2) is 6.10 Å². The molecule has 0 amide bonds. The number of hydrogen-bond donors (Lipinski definition) is 0. The Morgan fingerprint density at radius 2 is 0.659 bits per heavy atom. The molecule has 0 N–H and O–H groups in total. The van der Waals surface area contributed by atoms with Crippen LogP contribution < -0.4 is 4.89 Å². The van der Waals surface area contributed by atoms with Gasteiger partial charge in [0, 0.05) is 12.8 Å². The highest BCUT2D eigenvalue weighted by Gasteiger charge is 2.22. The van der Waals surface area contributed by atoms with Gasteiger partial charge in [0.05, 0.1) is 27.7 Å². The Bertz CT molecular complexity index is 1480. The topological polar surface area (TPSA) is 111 Å². The third-order valence-electron chi connectivity index (χ3n) is 16.1. The quantitative estimate of drug-likeness (QED) is 0.0195. The highest BCUT2D eigenvalue weighted by molar-refractivity contribution is 7.45. The zero-order chi connectivity index (χ0) is 59.8. The molecule has 0 rings (SSSR count). The number of allylic oxidation sites excluding steroid dienone is 6. The van der Waals surface area contributed by atoms with Crippen LogP contribution in [0.1, 0.15) is 361 Å². The summed E-state index contributed by atoms with van der Waals surface area (Å²) in [7, 11) is 1.18. The van der Waals surface area contributed by atoms with Gasteiger partial charge in [0.25, 0.3) is 7.82 Å². The van der Waals surface area contributed by atoms with Crippen molar-refractivity contribution in [3.05, 3.63) is 36.5 Å². The average Bonchev–Trinajstić information content (AvgIpc) is 3.46. The molecule has 9 nitrogen and oxygen atoms in total. The van der Waals surface area contributed by atoms with Crippen molar-refractivity contribution in [1.82, 2.24) is 0 Å². The third-order valence-corrected chi connectivity index (χ3v) is 17.1. The summed E-state index contributed by atoms with van der Waals surface area (Å²) in [5, 5.41) is 0. The van der Waals surface area contributed by atoms with E-state index in [2.05, 4.69) is 50.3 Å². The van der Waals surface area contributed by atoms with E-state index in [0.29, 0.717) is 17.4 Å². The summed E-state index contributed by atoms with van der Waals surface area (Å²) in [6.07, 6.45) is 81.0. The van der Waals surface area contributed by atoms with E-state index >= 15 is 0 Å². The molecular weight excluding hydrogens is 1040 g/mol. The van der Waals surface area contributed by atoms with Crippen LogP contribution in [-0.2, 0) is 32.7 Å². The highest BCUT2D eigenvalue weighted by atomic mass is 31.2. The van der Waals surface area contributed by atoms with E-state index in [4.69, 9.17) is 18.5 Å². The molecule has 2 atom stereocenters. The molecule has 0 aromatic rings. The molecule has 0 aliphatic carbocycles. The Hall–Kier alpha value is -1.77. The van der Waals surface area contributed by atoms with Gasteiger partial charge in [-0.1, -0.05) is 314 Å². The van der Waals surface area contributed by atoms with Crippen LogP contribution in [-0.4, -0.2) is 70.0 Å². The maximum atomic E-state index is 12.9. The predicted molar refractivity (Wildman–Crippen MR) is 351 cm³/mol. The van der Waals surface area contributed by atoms with Gasteiger partial charge in [0.1, 0.15) is 19.8 Å². The zero-order valence-electron chi connectivity index (χ0n) is 55.2. The van der Waals surface area contributed by atoms with E-state index in [0.717, 1.165) is 38.5 Å². The lowest BCUT2D eigenvalue weighted by Crippen LogP contribution is -2.37. The summed E-state index contributed by atoms with van der Waals surface area (Å²) in [6, 6.07) is 0. The number of nitrogens with zero attached hydrogens (tertiary/aromatic N) is 1. The summed E-state index contributed by atoms with van der Waals surface area (Å²) in [5.41, 5.74) is 0. The van der Waals surface area contributed by atoms with Gasteiger partial charge >= 0.3 is 11.9 Å². The van der Waals surface area contributed by atoms with Gasteiger partial charge < -0.3 is 27.9 Å². The van der Waals surface area contributed by atoms with Crippen LogP contribution in [0.2, 0.25) is 0 Å². The van der Waals surface area contributed by atoms with E-state index in [1.807, 2.05) is 21.1 Å². The number of unbranched alkanes of at least 4 members (excludes halogenated alkanes) is 47. The maximum Gasteiger partial charge on any atom is 0.306 e. The fourth-order valence-corrected chi connectivity index (χ4v) is 11.4. The van der Waals surface area contributed by atoms with Crippen LogP contribution in [0, 0.1) is 0 Å². The lowest BCUT2D eigenvalue weighted by atomic mass is 10.0. The van der Waals surface area contributed by atoms with Crippen molar-refractivity contribution >= 4 is 19.8 Å². The third kappa shape index (κ3) is 67.4. The molecule has 0 aromatic heterocycles. The molecule has 484 valence electrons. The van der Waals surface area contributed by atoms with E-state index in [-0.39, 0.29) is 32.0 Å². The number of ether oxygens (including phenoxy) is 2. The zero-order valence-corrected chi connectivity index (χ0v) is 56.1. The summed E-state index contributed by atoms with van der Waals surface area (Å²) >= 11 is 0. The summed E-state index contributed by atoms with van der Waals surface area (Å²) in [4.78, 5) is 38.0. The minimum absolute atomic E-state index is 0.0284. The summed E-state index contributed by atoms with van der Waals surface area (Å²) < 4.78 is 34.3. The number of quaternary nitrogens is 1. The Kier molecular flexibility index (Phi) is 62.3. The van der Waals surface area contributed by atoms with Crippen LogP contribution >= 0.6 is 7.82 Å². The molecule has 0 spiro atoms. The van der Waals surface area contributed by atoms with Gasteiger partial charge in [-0.05, 0) is 70.6 Å². The van der Waals surface area contributed by atoms with E-state index in [1.165, 1.54) is 289 Å². The van der Waals surface area contributed by atoms with Crippen molar-refractivity contribution in [2.75, 3.05) is 47.5 Å². The molecule has 10 heteroatoms. The smallest absolute Gasteiger partial charge is 0.306 e. The van der Waals surface area contributed by atoms with E-state index in [1.54, 1.807) is 0 Å². The van der Waals surface area contributed by atoms with Crippen molar-refractivity contribution in [3.8, 4) is 0 Å². The molecule has 0 fully saturated rings. The predicted octanol–water partition coefficient (Wildman–Crippen LogP) is 22.4. The first-order chi connectivity index (χ1) is 40.0. The van der Waals surface area contributed by atoms with Gasteiger partial charge in [-0.25, -0.2) is 0 Å². The van der Waals surface area contributed by atoms with Crippen LogP contribution in [0.15, 0.2) is 36.5 Å². The Morgan fingerprint density at radius 1 is 0.378 bits per heavy atom. The fraction of sp³-hybridized carbons (Fsp3) is 0.889. The van der Waals surface area contributed by atoms with Crippen LogP contribution in [0.4, 0.5) is 0 Å². The van der Waals surface area contributed by atoms with E-state index < -0.39 is 26.5 Å². The number of phosphoric acid groups is 1. The Morgan fingerprint density at radius 3 is 0.976 bits per heavy atom. The van der Waals surface area contributed by atoms with Crippen molar-refractivity contribution in [2.45, 2.75) is 367 Å². The first-order valence-corrected chi connectivity index (χ1v) is 37.2. The molecule has 0 aliphatic heterocycles. The lowest BCUT2D eigenvalue weighted by Gasteiger charge is -2.28. The number of phosphoric ester groups is 1. The van der Waals surface area contributed by atoms with Crippen LogP contribution in [0.25, 0.3) is 0 Å². The first kappa shape index (κ1) is 80.2. The molecule has 0 saturated carbocycles. The van der Waals surface area contributed by atoms with Crippen molar-refractivity contribution in [3.63, 3.8) is 0 Å². The van der Waals surface area contributed by atoms with Gasteiger partial charge in [-0.15, -0.1) is 0 Å². The number of hydrogen-bond acceptors (Lipinski definition) is 8. The lowest BCUT2D eigenvalue weighted by molar-refractivity contribution is -0.870. The Balaban J connectivity index is 3.93. The minimum Gasteiger partial charge on any atom is -0.756 e. The molecule has 0 aliphatic rings. The number of carbonyl (C=O) groups excluding carboxylic acids is 2. The highest BCUT2D eigenvalue weighted by Crippen LogP contribution is 2.38. The molecule has 2 unspecified atom stereocenters. The Labute approximate surface area is 510 Å². The van der Waals surface area contributed by atoms with Gasteiger partial charge in [0.2, 0.25) is 0 Å². The molecule has 82 heavy (non-hydrogen) atoms. The average molecular weight is 1180 g/mol. The second-order valence-corrected chi connectivity index (χ2v) is 27.0. The largest absolute Gasteiger partial charge is 0.756 e. The van der Waals surface area contributed by atoms with E-state index in [9.17, 15) is 19.0 Å². The monoisotopic (exact) mass is 1180 g/mol. The molecule has 0 saturated heterocycles. The molecule has 0 aromatic carbocycles. The first-order valence-electron chi connectivity index (χ1n) is 35.7. The number of rotatable bonds is 67. The number of carbonyl (C=O) groups is 2. The van der Waals surface area contributed by atoms with Gasteiger partial charge in [-0.2, -0.15) is 0 Å². The summed E-state index contributed by atoms with van der Waals surface area (Å²) in [5.74, 6) is -0.816. The van der Waals surface area contributed by atoms with Gasteiger partial charge in [-0.3, -0.25) is 14.2 Å². The van der Waals surface area contributed by atoms with Crippen LogP contribution in [0.3, 0.4) is 0 Å². The number of likely N-dealkylation sites (N-methyl/N-ethyl adjacent to an activating group) is 1.